The van der Waals surface area contributed by atoms with Crippen molar-refractivity contribution in [2.75, 3.05) is 24.5 Å². The van der Waals surface area contributed by atoms with E-state index in [0.29, 0.717) is 65.8 Å². The van der Waals surface area contributed by atoms with Crippen LogP contribution in [0.2, 0.25) is 5.02 Å². The van der Waals surface area contributed by atoms with Gasteiger partial charge in [-0.25, -0.2) is 15.0 Å². The third-order valence-electron chi connectivity index (χ3n) is 11.9. The molecule has 16 heteroatoms. The molecular weight excluding hydrogens is 762 g/mol. The van der Waals surface area contributed by atoms with Gasteiger partial charge in [-0.1, -0.05) is 11.6 Å². The fourth-order valence-corrected chi connectivity index (χ4v) is 8.86. The van der Waals surface area contributed by atoms with Crippen LogP contribution in [0.5, 0.6) is 11.5 Å². The fraction of sp³-hybridized carbons (Fsp3) is 0.524. The molecule has 4 heterocycles. The number of ether oxygens (including phenoxy) is 2. The Morgan fingerprint density at radius 1 is 0.914 bits per heavy atom. The summed E-state index contributed by atoms with van der Waals surface area (Å²) >= 11 is 6.21. The highest BCUT2D eigenvalue weighted by Gasteiger charge is 2.41. The number of nitrogens with zero attached hydrogens (tertiary/aromatic N) is 7. The number of halogens is 1. The van der Waals surface area contributed by atoms with E-state index in [2.05, 4.69) is 43.9 Å². The van der Waals surface area contributed by atoms with Crippen LogP contribution in [0.1, 0.15) is 105 Å². The van der Waals surface area contributed by atoms with Gasteiger partial charge in [0.15, 0.2) is 0 Å². The molecular formula is C42H50ClN9O6. The van der Waals surface area contributed by atoms with Gasteiger partial charge >= 0.3 is 0 Å². The zero-order chi connectivity index (χ0) is 40.9. The Bertz CT molecular complexity index is 2000. The summed E-state index contributed by atoms with van der Waals surface area (Å²) < 4.78 is 12.5. The number of piperidine rings is 2. The lowest BCUT2D eigenvalue weighted by Gasteiger charge is -2.46. The zero-order valence-corrected chi connectivity index (χ0v) is 33.6. The summed E-state index contributed by atoms with van der Waals surface area (Å²) in [7, 11) is 0. The van der Waals surface area contributed by atoms with E-state index in [1.165, 1.54) is 6.20 Å². The van der Waals surface area contributed by atoms with Crippen molar-refractivity contribution in [3.63, 3.8) is 0 Å². The van der Waals surface area contributed by atoms with Gasteiger partial charge in [0.05, 0.1) is 35.3 Å². The van der Waals surface area contributed by atoms with Gasteiger partial charge in [-0.3, -0.25) is 29.4 Å². The van der Waals surface area contributed by atoms with Gasteiger partial charge in [-0.15, -0.1) is 0 Å². The Labute approximate surface area is 343 Å². The van der Waals surface area contributed by atoms with Crippen LogP contribution in [0.4, 0.5) is 5.82 Å². The average molecular weight is 812 g/mol. The number of pyridine rings is 1. The summed E-state index contributed by atoms with van der Waals surface area (Å²) in [4.78, 5) is 70.1. The maximum Gasteiger partial charge on any atom is 0.273 e. The second-order valence-electron chi connectivity index (χ2n) is 16.1. The lowest BCUT2D eigenvalue weighted by atomic mass is 9.85. The molecule has 58 heavy (non-hydrogen) atoms. The minimum Gasteiger partial charge on any atom is -0.490 e. The summed E-state index contributed by atoms with van der Waals surface area (Å²) in [6.07, 6.45) is 11.3. The van der Waals surface area contributed by atoms with E-state index in [9.17, 15) is 24.4 Å². The molecule has 2 saturated heterocycles. The lowest BCUT2D eigenvalue weighted by Crippen LogP contribution is -2.58. The van der Waals surface area contributed by atoms with Gasteiger partial charge < -0.3 is 25.0 Å². The van der Waals surface area contributed by atoms with Crippen molar-refractivity contribution < 1.29 is 28.7 Å². The number of rotatable bonds is 13. The van der Waals surface area contributed by atoms with Crippen molar-refractivity contribution >= 4 is 41.0 Å². The predicted octanol–water partition coefficient (Wildman–Crippen LogP) is 4.67. The van der Waals surface area contributed by atoms with Crippen LogP contribution < -0.4 is 25.4 Å². The topological polar surface area (TPSA) is 197 Å². The van der Waals surface area contributed by atoms with E-state index in [1.54, 1.807) is 47.6 Å². The van der Waals surface area contributed by atoms with E-state index >= 15 is 0 Å². The highest BCUT2D eigenvalue weighted by molar-refractivity contribution is 6.31. The second-order valence-corrected chi connectivity index (χ2v) is 16.5. The number of carbonyl (C=O) groups is 4. The van der Waals surface area contributed by atoms with Crippen molar-refractivity contribution in [3.8, 4) is 17.6 Å². The number of aromatic nitrogens is 3. The molecule has 1 atom stereocenters. The molecule has 0 radical (unpaired) electrons. The molecule has 4 fully saturated rings. The SMILES string of the molecule is CC(C)N(CC1CCN(c2cnc(C(N)=O)cn2)CC1)C1CC(Oc2ccc(C(=O)N(C3CCC(Oc4ccc(C#N)c(Cl)c4)CC3)C3CCC(=O)NC3=O)nc2)C1. The molecule has 3 N–H and O–H groups in total. The first-order valence-corrected chi connectivity index (χ1v) is 20.6. The molecule has 1 aromatic carbocycles. The van der Waals surface area contributed by atoms with Crippen LogP contribution in [0.15, 0.2) is 48.9 Å². The maximum atomic E-state index is 14.2. The first-order chi connectivity index (χ1) is 27.9. The van der Waals surface area contributed by atoms with Crippen molar-refractivity contribution in [3.05, 3.63) is 70.9 Å². The van der Waals surface area contributed by atoms with Crippen molar-refractivity contribution in [1.29, 1.82) is 5.26 Å². The number of nitrogens with two attached hydrogens (primary N) is 1. The number of anilines is 1. The minimum absolute atomic E-state index is 0.0380. The largest absolute Gasteiger partial charge is 0.490 e. The molecule has 1 unspecified atom stereocenters. The molecule has 2 aliphatic heterocycles. The Balaban J connectivity index is 0.916. The highest BCUT2D eigenvalue weighted by Crippen LogP contribution is 2.35. The second kappa shape index (κ2) is 18.1. The van der Waals surface area contributed by atoms with Gasteiger partial charge in [-0.2, -0.15) is 5.26 Å². The molecule has 15 nitrogen and oxygen atoms in total. The van der Waals surface area contributed by atoms with E-state index in [0.717, 1.165) is 51.1 Å². The third kappa shape index (κ3) is 9.51. The molecule has 3 aromatic rings. The first-order valence-electron chi connectivity index (χ1n) is 20.2. The van der Waals surface area contributed by atoms with Crippen LogP contribution in [0, 0.1) is 17.2 Å². The van der Waals surface area contributed by atoms with Gasteiger partial charge in [0, 0.05) is 63.1 Å². The molecule has 2 saturated carbocycles. The first kappa shape index (κ1) is 40.9. The van der Waals surface area contributed by atoms with Crippen molar-refractivity contribution in [2.24, 2.45) is 11.7 Å². The molecule has 4 aliphatic rings. The summed E-state index contributed by atoms with van der Waals surface area (Å²) in [6, 6.07) is 10.2. The molecule has 306 valence electrons. The Morgan fingerprint density at radius 2 is 1.62 bits per heavy atom. The molecule has 2 aliphatic carbocycles. The fourth-order valence-electron chi connectivity index (χ4n) is 8.65. The molecule has 4 amide bonds. The van der Waals surface area contributed by atoms with Gasteiger partial charge in [0.2, 0.25) is 11.8 Å². The molecule has 0 bridgehead atoms. The number of nitriles is 1. The van der Waals surface area contributed by atoms with Gasteiger partial charge in [-0.05, 0) is 89.0 Å². The summed E-state index contributed by atoms with van der Waals surface area (Å²) in [5, 5.41) is 11.9. The number of amides is 4. The number of hydrogen-bond acceptors (Lipinski definition) is 12. The number of hydrogen-bond donors (Lipinski definition) is 2. The number of carbonyl (C=O) groups excluding carboxylic acids is 4. The monoisotopic (exact) mass is 811 g/mol. The van der Waals surface area contributed by atoms with E-state index in [4.69, 9.17) is 26.8 Å². The minimum atomic E-state index is -0.790. The van der Waals surface area contributed by atoms with Crippen LogP contribution in [0.3, 0.4) is 0 Å². The van der Waals surface area contributed by atoms with Crippen molar-refractivity contribution in [1.82, 2.24) is 30.1 Å². The molecule has 2 aromatic heterocycles. The standard InChI is InChI=1S/C42H50ClN9O6/c1-25(2)51(24-26-13-15-50(16-14-26)38-23-47-36(22-48-38)40(45)54)29-17-33(18-29)58-32-9-10-35(46-21-32)42(56)52(37-11-12-39(53)49-41(37)55)28-4-7-30(8-5-28)57-31-6-3-27(20-44)34(43)19-31/h3,6,9-10,19,21-23,25-26,28-30,33,37H,4-5,7-8,11-18,24H2,1-2H3,(H2,45,54)(H,49,53,55). The number of benzene rings is 1. The third-order valence-corrected chi connectivity index (χ3v) is 12.3. The molecule has 0 spiro atoms. The lowest BCUT2D eigenvalue weighted by molar-refractivity contribution is -0.137. The Morgan fingerprint density at radius 3 is 2.22 bits per heavy atom. The normalized spacial score (nSPS) is 23.8. The number of primary amides is 1. The number of nitrogens with one attached hydrogen (secondary N) is 1. The summed E-state index contributed by atoms with van der Waals surface area (Å²) in [5.41, 5.74) is 6.06. The zero-order valence-electron chi connectivity index (χ0n) is 32.9. The smallest absolute Gasteiger partial charge is 0.273 e. The number of imide groups is 1. The highest BCUT2D eigenvalue weighted by atomic mass is 35.5. The van der Waals surface area contributed by atoms with Crippen molar-refractivity contribution in [2.45, 2.75) is 114 Å². The summed E-state index contributed by atoms with van der Waals surface area (Å²) in [5.74, 6) is 0.719. The van der Waals surface area contributed by atoms with Gasteiger partial charge in [0.25, 0.3) is 11.8 Å². The Kier molecular flexibility index (Phi) is 12.7. The van der Waals surface area contributed by atoms with Crippen LogP contribution in [0.25, 0.3) is 0 Å². The predicted molar refractivity (Wildman–Crippen MR) is 214 cm³/mol. The quantitative estimate of drug-likeness (QED) is 0.227. The van der Waals surface area contributed by atoms with E-state index in [-0.39, 0.29) is 54.3 Å². The van der Waals surface area contributed by atoms with Crippen LogP contribution >= 0.6 is 11.6 Å². The van der Waals surface area contributed by atoms with Crippen LogP contribution in [-0.2, 0) is 9.59 Å². The molecule has 7 rings (SSSR count). The van der Waals surface area contributed by atoms with Gasteiger partial charge in [0.1, 0.15) is 46.9 Å². The van der Waals surface area contributed by atoms with E-state index < -0.39 is 17.9 Å². The Hall–Kier alpha value is -5.33. The average Bonchev–Trinajstić information content (AvgIpc) is 3.20. The van der Waals surface area contributed by atoms with E-state index in [1.807, 2.05) is 6.07 Å². The maximum absolute atomic E-state index is 14.2. The summed E-state index contributed by atoms with van der Waals surface area (Å²) in [6.45, 7) is 7.25. The van der Waals surface area contributed by atoms with Crippen LogP contribution in [-0.4, -0.2) is 104 Å².